The lowest BCUT2D eigenvalue weighted by molar-refractivity contribution is 7.59. The number of hydrogen-bond donors (Lipinski definition) is 0. The van der Waals surface area contributed by atoms with Gasteiger partial charge in [0.05, 0.1) is 0 Å². The van der Waals surface area contributed by atoms with Gasteiger partial charge in [-0.2, -0.15) is 67.5 Å². The maximum Gasteiger partial charge on any atom is -0.197 e. The molecule has 0 spiro atoms. The van der Waals surface area contributed by atoms with Gasteiger partial charge in [-0.05, 0) is 0 Å². The van der Waals surface area contributed by atoms with Gasteiger partial charge in [-0.1, -0.05) is 0 Å². The highest BCUT2D eigenvalue weighted by molar-refractivity contribution is 7.59. The molecule has 40 valence electrons. The summed E-state index contributed by atoms with van der Waals surface area (Å²) in [5.41, 5.74) is 0. The van der Waals surface area contributed by atoms with Gasteiger partial charge in [0.1, 0.15) is 0 Å². The Morgan fingerprint density at radius 3 is 0.200 bits per heavy atom. The molecule has 0 N–H and O–H groups in total. The third kappa shape index (κ3) is 26.4. The van der Waals surface area contributed by atoms with Crippen LogP contribution in [0.5, 0.6) is 0 Å². The Balaban J connectivity index is 0. The van der Waals surface area contributed by atoms with E-state index in [2.05, 4.69) is 0 Å². The monoisotopic (exact) mass is 170 g/mol. The summed E-state index contributed by atoms with van der Waals surface area (Å²) >= 11 is 0. The lowest BCUT2D eigenvalue weighted by Crippen LogP contribution is 0.647. The largest absolute Gasteiger partial charge is 0.197 e. The molecule has 0 heterocycles. The first-order valence-electron chi connectivity index (χ1n) is 0. The first-order valence-corrected chi connectivity index (χ1v) is 0. The molecule has 0 saturated heterocycles. The van der Waals surface area contributed by atoms with Crippen molar-refractivity contribution in [3.63, 3.8) is 0 Å². The molecule has 0 fully saturated rings. The summed E-state index contributed by atoms with van der Waals surface area (Å²) in [7, 11) is 0. The van der Waals surface area contributed by atoms with Gasteiger partial charge in [0.2, 0.25) is 0 Å². The number of rotatable bonds is 0. The molecular weight excluding hydrogens is 160 g/mol. The van der Waals surface area contributed by atoms with Crippen molar-refractivity contribution in [3.8, 4) is 0 Å². The molecule has 0 aliphatic heterocycles. The Kier molecular flexibility index (Phi) is 617. The van der Waals surface area contributed by atoms with E-state index < -0.39 is 0 Å². The molecule has 0 amide bonds. The second-order valence-electron chi connectivity index (χ2n) is 0. The fraction of sp³-hybridized carbons (Fsp3) is 0. The zero-order valence-electron chi connectivity index (χ0n) is 2.50. The third-order valence-corrected chi connectivity index (χ3v) is 0. The van der Waals surface area contributed by atoms with Crippen molar-refractivity contribution in [1.29, 1.82) is 0 Å². The van der Waals surface area contributed by atoms with Gasteiger partial charge in [0.15, 0.2) is 0 Å². The fourth-order valence-corrected chi connectivity index (χ4v) is 0. The van der Waals surface area contributed by atoms with Crippen LogP contribution in [0.4, 0.5) is 0 Å². The maximum atomic E-state index is 0. The van der Waals surface area contributed by atoms with E-state index in [1.165, 1.54) is 0 Å². The van der Waals surface area contributed by atoms with Crippen molar-refractivity contribution in [2.75, 3.05) is 0 Å². The van der Waals surface area contributed by atoms with E-state index in [0.717, 1.165) is 0 Å². The molecule has 0 atom stereocenters. The Hall–Kier alpha value is 1.75. The third-order valence-electron chi connectivity index (χ3n) is 0. The van der Waals surface area contributed by atoms with Crippen LogP contribution in [0, 0.1) is 0 Å². The molecule has 0 aromatic carbocycles. The van der Waals surface area contributed by atoms with Gasteiger partial charge >= 0.3 is 0 Å². The molecule has 0 aromatic heterocycles. The van der Waals surface area contributed by atoms with E-state index in [1.54, 1.807) is 0 Å². The molecule has 5 heteroatoms. The molecule has 0 unspecified atom stereocenters. The smallest absolute Gasteiger partial charge is 0.197 e. The zero-order valence-corrected chi connectivity index (χ0v) is 7.50. The number of hydrogen-bond acceptors (Lipinski definition) is 0. The highest BCUT2D eigenvalue weighted by atomic mass is 32.1. The van der Waals surface area contributed by atoms with Crippen LogP contribution in [-0.2, 0) is 0 Å². The molecule has 0 aliphatic rings. The van der Waals surface area contributed by atoms with Crippen molar-refractivity contribution >= 4 is 67.5 Å². The SMILES string of the molecule is S.S.S.S.S. The second-order valence-corrected chi connectivity index (χ2v) is 0. The molecule has 0 saturated carbocycles. The molecule has 0 aliphatic carbocycles. The van der Waals surface area contributed by atoms with Crippen LogP contribution in [0.15, 0.2) is 0 Å². The Morgan fingerprint density at radius 2 is 0.200 bits per heavy atom. The summed E-state index contributed by atoms with van der Waals surface area (Å²) in [5, 5.41) is 0. The van der Waals surface area contributed by atoms with E-state index in [0.29, 0.717) is 0 Å². The van der Waals surface area contributed by atoms with E-state index >= 15 is 0 Å². The van der Waals surface area contributed by atoms with Gasteiger partial charge < -0.3 is 0 Å². The average Bonchev–Trinajstić information content (AvgIpc) is 0. The van der Waals surface area contributed by atoms with Crippen LogP contribution in [0.3, 0.4) is 0 Å². The van der Waals surface area contributed by atoms with Gasteiger partial charge in [0.25, 0.3) is 0 Å². The summed E-state index contributed by atoms with van der Waals surface area (Å²) in [6.07, 6.45) is 0. The highest BCUT2D eigenvalue weighted by Crippen LogP contribution is 0.652. The minimum absolute atomic E-state index is 0. The van der Waals surface area contributed by atoms with Crippen molar-refractivity contribution < 1.29 is 0 Å². The molecule has 5 heavy (non-hydrogen) atoms. The minimum Gasteiger partial charge on any atom is -0.197 e. The summed E-state index contributed by atoms with van der Waals surface area (Å²) in [4.78, 5) is 0. The van der Waals surface area contributed by atoms with E-state index in [4.69, 9.17) is 0 Å². The van der Waals surface area contributed by atoms with Crippen LogP contribution in [-0.4, -0.2) is 0 Å². The zero-order chi connectivity index (χ0) is 0. The van der Waals surface area contributed by atoms with Gasteiger partial charge in [-0.3, -0.25) is 0 Å². The Morgan fingerprint density at radius 1 is 0.200 bits per heavy atom. The topological polar surface area (TPSA) is 0 Å². The van der Waals surface area contributed by atoms with Crippen LogP contribution >= 0.6 is 67.5 Å². The lowest BCUT2D eigenvalue weighted by Gasteiger charge is -0.198. The Bertz CT molecular complexity index is 0. The molecule has 0 nitrogen and oxygen atoms in total. The van der Waals surface area contributed by atoms with E-state index in [9.17, 15) is 0 Å². The van der Waals surface area contributed by atoms with Gasteiger partial charge in [0, 0.05) is 0 Å². The Labute approximate surface area is 67.3 Å². The minimum atomic E-state index is 0. The van der Waals surface area contributed by atoms with Crippen LogP contribution in [0.1, 0.15) is 0 Å². The molecule has 0 aromatic rings. The first kappa shape index (κ1) is 72.9. The molecular formula is H10S5. The summed E-state index contributed by atoms with van der Waals surface area (Å²) in [6, 6.07) is 0. The lowest BCUT2D eigenvalue weighted by atomic mass is 32.1. The van der Waals surface area contributed by atoms with Crippen LogP contribution < -0.4 is 0 Å². The predicted octanol–water partition coefficient (Wildman–Crippen LogP) is 0.564. The predicted molar refractivity (Wildman–Crippen MR) is 51.9 cm³/mol. The van der Waals surface area contributed by atoms with Crippen LogP contribution in [0.2, 0.25) is 0 Å². The average molecular weight is 170 g/mol. The van der Waals surface area contributed by atoms with E-state index in [-0.39, 0.29) is 67.5 Å². The fourth-order valence-electron chi connectivity index (χ4n) is 0. The van der Waals surface area contributed by atoms with Crippen molar-refractivity contribution in [2.24, 2.45) is 0 Å². The van der Waals surface area contributed by atoms with Crippen molar-refractivity contribution in [3.05, 3.63) is 0 Å². The summed E-state index contributed by atoms with van der Waals surface area (Å²) in [6.45, 7) is 0. The molecule has 0 radical (unpaired) electrons. The summed E-state index contributed by atoms with van der Waals surface area (Å²) in [5.74, 6) is 0. The first-order chi connectivity index (χ1) is 0. The second kappa shape index (κ2) is 42.4. The standard InChI is InChI=1S/5H2S/h5*1H2. The molecule has 0 bridgehead atoms. The highest BCUT2D eigenvalue weighted by Gasteiger charge is -0.193. The maximum absolute atomic E-state index is 0. The van der Waals surface area contributed by atoms with Gasteiger partial charge in [-0.15, -0.1) is 0 Å². The van der Waals surface area contributed by atoms with Crippen molar-refractivity contribution in [1.82, 2.24) is 0 Å². The summed E-state index contributed by atoms with van der Waals surface area (Å²) < 4.78 is 0. The van der Waals surface area contributed by atoms with E-state index in [1.807, 2.05) is 0 Å². The van der Waals surface area contributed by atoms with Crippen LogP contribution in [0.25, 0.3) is 0 Å². The van der Waals surface area contributed by atoms with Crippen molar-refractivity contribution in [2.45, 2.75) is 0 Å². The molecule has 0 rings (SSSR count). The quantitative estimate of drug-likeness (QED) is 0.498. The van der Waals surface area contributed by atoms with Gasteiger partial charge in [-0.25, -0.2) is 0 Å². The normalized spacial score (nSPS) is 0.